The Balaban J connectivity index is 2.19. The molecular formula is C11H13ClN2O3. The van der Waals surface area contributed by atoms with Crippen LogP contribution in [0.15, 0.2) is 12.3 Å². The van der Waals surface area contributed by atoms with Crippen LogP contribution in [0.2, 0.25) is 5.02 Å². The van der Waals surface area contributed by atoms with Gasteiger partial charge in [0.15, 0.2) is 0 Å². The van der Waals surface area contributed by atoms with E-state index in [9.17, 15) is 4.79 Å². The van der Waals surface area contributed by atoms with Crippen LogP contribution in [0.25, 0.3) is 0 Å². The zero-order chi connectivity index (χ0) is 12.5. The number of hydrogen-bond donors (Lipinski definition) is 2. The average molecular weight is 257 g/mol. The maximum atomic E-state index is 10.7. The van der Waals surface area contributed by atoms with Gasteiger partial charge in [-0.15, -0.1) is 0 Å². The molecule has 2 heterocycles. The summed E-state index contributed by atoms with van der Waals surface area (Å²) in [6.45, 7) is 3.31. The summed E-state index contributed by atoms with van der Waals surface area (Å²) in [7, 11) is 0. The largest absolute Gasteiger partial charge is 0.478 e. The highest BCUT2D eigenvalue weighted by Gasteiger charge is 2.30. The minimum atomic E-state index is -1.04. The van der Waals surface area contributed by atoms with Crippen LogP contribution in [0, 0.1) is 0 Å². The van der Waals surface area contributed by atoms with E-state index in [-0.39, 0.29) is 11.1 Å². The number of carboxylic acid groups (broad SMARTS) is 1. The second-order valence-electron chi connectivity index (χ2n) is 4.35. The van der Waals surface area contributed by atoms with E-state index in [2.05, 4.69) is 10.3 Å². The fourth-order valence-corrected chi connectivity index (χ4v) is 1.91. The number of hydrogen-bond acceptors (Lipinski definition) is 4. The lowest BCUT2D eigenvalue weighted by Gasteiger charge is -2.24. The van der Waals surface area contributed by atoms with Gasteiger partial charge < -0.3 is 15.2 Å². The van der Waals surface area contributed by atoms with Crippen molar-refractivity contribution in [3.8, 4) is 0 Å². The Hall–Kier alpha value is -1.33. The van der Waals surface area contributed by atoms with Gasteiger partial charge in [0.25, 0.3) is 0 Å². The number of halogens is 1. The smallest absolute Gasteiger partial charge is 0.337 e. The minimum Gasteiger partial charge on any atom is -0.478 e. The Morgan fingerprint density at radius 1 is 1.71 bits per heavy atom. The molecule has 0 saturated carbocycles. The van der Waals surface area contributed by atoms with E-state index in [1.165, 1.54) is 12.3 Å². The fraction of sp³-hybridized carbons (Fsp3) is 0.455. The first kappa shape index (κ1) is 12.1. The number of nitrogens with one attached hydrogen (secondary N) is 1. The lowest BCUT2D eigenvalue weighted by molar-refractivity contribution is 0.0696. The number of aromatic nitrogens is 1. The van der Waals surface area contributed by atoms with Gasteiger partial charge in [0, 0.05) is 12.8 Å². The molecule has 1 atom stereocenters. The lowest BCUT2D eigenvalue weighted by atomic mass is 10.0. The second kappa shape index (κ2) is 4.50. The number of nitrogens with zero attached hydrogens (tertiary/aromatic N) is 1. The van der Waals surface area contributed by atoms with Crippen LogP contribution in [0.4, 0.5) is 5.82 Å². The van der Waals surface area contributed by atoms with Crippen LogP contribution < -0.4 is 5.32 Å². The van der Waals surface area contributed by atoms with Gasteiger partial charge in [0.1, 0.15) is 5.82 Å². The summed E-state index contributed by atoms with van der Waals surface area (Å²) in [5.74, 6) is -0.550. The van der Waals surface area contributed by atoms with Crippen molar-refractivity contribution in [1.29, 1.82) is 0 Å². The van der Waals surface area contributed by atoms with Crippen LogP contribution in [0.5, 0.6) is 0 Å². The summed E-state index contributed by atoms with van der Waals surface area (Å²) < 4.78 is 5.31. The van der Waals surface area contributed by atoms with Crippen molar-refractivity contribution in [2.24, 2.45) is 0 Å². The molecular weight excluding hydrogens is 244 g/mol. The number of pyridine rings is 1. The van der Waals surface area contributed by atoms with E-state index in [1.54, 1.807) is 0 Å². The first-order valence-electron chi connectivity index (χ1n) is 5.25. The Morgan fingerprint density at radius 3 is 3.00 bits per heavy atom. The third kappa shape index (κ3) is 2.68. The average Bonchev–Trinajstić information content (AvgIpc) is 2.68. The molecule has 0 bridgehead atoms. The summed E-state index contributed by atoms with van der Waals surface area (Å²) in [5.41, 5.74) is -0.116. The third-order valence-electron chi connectivity index (χ3n) is 2.73. The van der Waals surface area contributed by atoms with Gasteiger partial charge in [0.05, 0.1) is 22.7 Å². The topological polar surface area (TPSA) is 71.5 Å². The minimum absolute atomic E-state index is 0.0772. The van der Waals surface area contributed by atoms with E-state index in [1.807, 2.05) is 6.92 Å². The first-order chi connectivity index (χ1) is 8.00. The molecule has 1 aliphatic heterocycles. The summed E-state index contributed by atoms with van der Waals surface area (Å²) in [4.78, 5) is 14.8. The van der Waals surface area contributed by atoms with Crippen molar-refractivity contribution in [1.82, 2.24) is 4.98 Å². The number of carboxylic acids is 1. The predicted octanol–water partition coefficient (Wildman–Crippen LogP) is 2.02. The van der Waals surface area contributed by atoms with E-state index >= 15 is 0 Å². The molecule has 92 valence electrons. The lowest BCUT2D eigenvalue weighted by Crippen LogP contribution is -2.35. The van der Waals surface area contributed by atoms with Crippen LogP contribution in [-0.4, -0.2) is 34.8 Å². The van der Waals surface area contributed by atoms with E-state index < -0.39 is 5.97 Å². The Labute approximate surface area is 104 Å². The normalized spacial score (nSPS) is 23.6. The first-order valence-corrected chi connectivity index (χ1v) is 5.63. The third-order valence-corrected chi connectivity index (χ3v) is 3.02. The number of anilines is 1. The molecule has 1 aromatic rings. The summed E-state index contributed by atoms with van der Waals surface area (Å²) >= 11 is 5.98. The Morgan fingerprint density at radius 2 is 2.47 bits per heavy atom. The van der Waals surface area contributed by atoms with Crippen molar-refractivity contribution in [2.75, 3.05) is 18.5 Å². The van der Waals surface area contributed by atoms with Gasteiger partial charge in [-0.1, -0.05) is 11.6 Å². The molecule has 1 aliphatic rings. The highest BCUT2D eigenvalue weighted by atomic mass is 35.5. The zero-order valence-corrected chi connectivity index (χ0v) is 10.1. The molecule has 1 saturated heterocycles. The summed E-state index contributed by atoms with van der Waals surface area (Å²) in [6.07, 6.45) is 2.15. The molecule has 0 spiro atoms. The van der Waals surface area contributed by atoms with Crippen LogP contribution in [0.3, 0.4) is 0 Å². The maximum absolute atomic E-state index is 10.7. The predicted molar refractivity (Wildman–Crippen MR) is 63.7 cm³/mol. The van der Waals surface area contributed by atoms with Gasteiger partial charge in [0.2, 0.25) is 0 Å². The molecule has 0 radical (unpaired) electrons. The maximum Gasteiger partial charge on any atom is 0.337 e. The number of ether oxygens (including phenoxy) is 1. The van der Waals surface area contributed by atoms with Gasteiger partial charge in [-0.2, -0.15) is 0 Å². The van der Waals surface area contributed by atoms with E-state index in [4.69, 9.17) is 21.4 Å². The molecule has 2 rings (SSSR count). The van der Waals surface area contributed by atoms with Gasteiger partial charge in [-0.25, -0.2) is 9.78 Å². The van der Waals surface area contributed by atoms with Crippen LogP contribution in [-0.2, 0) is 4.74 Å². The monoisotopic (exact) mass is 256 g/mol. The Bertz CT molecular complexity index is 444. The zero-order valence-electron chi connectivity index (χ0n) is 9.36. The molecule has 1 aromatic heterocycles. The number of rotatable bonds is 3. The van der Waals surface area contributed by atoms with Crippen molar-refractivity contribution in [3.63, 3.8) is 0 Å². The van der Waals surface area contributed by atoms with Gasteiger partial charge in [-0.3, -0.25) is 0 Å². The Kier molecular flexibility index (Phi) is 3.22. The van der Waals surface area contributed by atoms with Gasteiger partial charge in [-0.05, 0) is 19.4 Å². The molecule has 2 N–H and O–H groups in total. The SMILES string of the molecule is CC1(Nc2ncc(C(=O)O)cc2Cl)CCOC1. The molecule has 0 aromatic carbocycles. The molecule has 1 unspecified atom stereocenters. The van der Waals surface area contributed by atoms with Crippen molar-refractivity contribution >= 4 is 23.4 Å². The van der Waals surface area contributed by atoms with Crippen LogP contribution >= 0.6 is 11.6 Å². The second-order valence-corrected chi connectivity index (χ2v) is 4.76. The number of aromatic carboxylic acids is 1. The van der Waals surface area contributed by atoms with E-state index in [0.29, 0.717) is 24.1 Å². The molecule has 17 heavy (non-hydrogen) atoms. The highest BCUT2D eigenvalue weighted by molar-refractivity contribution is 6.33. The molecule has 0 aliphatic carbocycles. The van der Waals surface area contributed by atoms with Crippen molar-refractivity contribution in [3.05, 3.63) is 22.8 Å². The summed E-state index contributed by atoms with van der Waals surface area (Å²) in [5, 5.41) is 12.3. The molecule has 6 heteroatoms. The van der Waals surface area contributed by atoms with Crippen molar-refractivity contribution < 1.29 is 14.6 Å². The highest BCUT2D eigenvalue weighted by Crippen LogP contribution is 2.27. The number of carbonyl (C=O) groups is 1. The standard InChI is InChI=1S/C11H13ClN2O3/c1-11(2-3-17-6-11)14-9-8(12)4-7(5-13-9)10(15)16/h4-5H,2-3,6H2,1H3,(H,13,14)(H,15,16). The van der Waals surface area contributed by atoms with Crippen LogP contribution in [0.1, 0.15) is 23.7 Å². The molecule has 5 nitrogen and oxygen atoms in total. The van der Waals surface area contributed by atoms with Crippen molar-refractivity contribution in [2.45, 2.75) is 18.9 Å². The molecule has 1 fully saturated rings. The molecule has 0 amide bonds. The van der Waals surface area contributed by atoms with E-state index in [0.717, 1.165) is 6.42 Å². The summed E-state index contributed by atoms with van der Waals surface area (Å²) in [6, 6.07) is 1.39. The van der Waals surface area contributed by atoms with Gasteiger partial charge >= 0.3 is 5.97 Å². The fourth-order valence-electron chi connectivity index (χ4n) is 1.70. The quantitative estimate of drug-likeness (QED) is 0.866.